The molecule has 2 unspecified atom stereocenters. The number of rotatable bonds is 3. The SMILES string of the molecule is CC12CCC(C(=O)NN=Cc3ccc(O)c(O)c3)(OC1=O)C2(C)C. The highest BCUT2D eigenvalue weighted by Crippen LogP contribution is 2.65. The Balaban J connectivity index is 1.77. The van der Waals surface area contributed by atoms with Crippen molar-refractivity contribution in [3.8, 4) is 11.5 Å². The van der Waals surface area contributed by atoms with Crippen molar-refractivity contribution in [2.45, 2.75) is 39.2 Å². The summed E-state index contributed by atoms with van der Waals surface area (Å²) in [4.78, 5) is 24.8. The summed E-state index contributed by atoms with van der Waals surface area (Å²) >= 11 is 0. The van der Waals surface area contributed by atoms with Crippen LogP contribution in [0.5, 0.6) is 11.5 Å². The molecule has 128 valence electrons. The van der Waals surface area contributed by atoms with Gasteiger partial charge in [-0.25, -0.2) is 5.43 Å². The van der Waals surface area contributed by atoms with E-state index >= 15 is 0 Å². The minimum absolute atomic E-state index is 0.236. The smallest absolute Gasteiger partial charge is 0.313 e. The Morgan fingerprint density at radius 2 is 1.96 bits per heavy atom. The Labute approximate surface area is 139 Å². The maximum atomic E-state index is 12.6. The molecule has 2 aliphatic rings. The van der Waals surface area contributed by atoms with Crippen LogP contribution in [0.1, 0.15) is 39.2 Å². The minimum atomic E-state index is -1.22. The van der Waals surface area contributed by atoms with Crippen LogP contribution in [0.25, 0.3) is 0 Å². The van der Waals surface area contributed by atoms with Gasteiger partial charge >= 0.3 is 5.97 Å². The first kappa shape index (κ1) is 16.3. The van der Waals surface area contributed by atoms with Crippen LogP contribution < -0.4 is 5.43 Å². The fourth-order valence-corrected chi connectivity index (χ4v) is 3.62. The number of carbonyl (C=O) groups excluding carboxylic acids is 2. The van der Waals surface area contributed by atoms with E-state index in [9.17, 15) is 19.8 Å². The van der Waals surface area contributed by atoms with Crippen LogP contribution in [0, 0.1) is 10.8 Å². The second-order valence-corrected chi connectivity index (χ2v) is 7.12. The normalized spacial score (nSPS) is 30.5. The van der Waals surface area contributed by atoms with Crippen LogP contribution in [0.15, 0.2) is 23.3 Å². The zero-order chi connectivity index (χ0) is 17.8. The highest BCUT2D eigenvalue weighted by atomic mass is 16.6. The maximum absolute atomic E-state index is 12.6. The Kier molecular flexibility index (Phi) is 3.37. The molecule has 1 aliphatic carbocycles. The highest BCUT2D eigenvalue weighted by Gasteiger charge is 2.75. The molecule has 1 aromatic carbocycles. The predicted molar refractivity (Wildman–Crippen MR) is 85.5 cm³/mol. The monoisotopic (exact) mass is 332 g/mol. The summed E-state index contributed by atoms with van der Waals surface area (Å²) in [5, 5.41) is 22.6. The van der Waals surface area contributed by atoms with E-state index in [4.69, 9.17) is 4.74 Å². The lowest BCUT2D eigenvalue weighted by Gasteiger charge is -2.34. The Hall–Kier alpha value is -2.57. The largest absolute Gasteiger partial charge is 0.504 e. The molecular weight excluding hydrogens is 312 g/mol. The summed E-state index contributed by atoms with van der Waals surface area (Å²) in [5.41, 5.74) is 0.414. The second kappa shape index (κ2) is 4.96. The summed E-state index contributed by atoms with van der Waals surface area (Å²) in [6.07, 6.45) is 2.40. The lowest BCUT2D eigenvalue weighted by Crippen LogP contribution is -2.52. The third-order valence-electron chi connectivity index (χ3n) is 5.83. The molecule has 0 radical (unpaired) electrons. The fourth-order valence-electron chi connectivity index (χ4n) is 3.62. The van der Waals surface area contributed by atoms with Crippen molar-refractivity contribution in [3.05, 3.63) is 23.8 Å². The summed E-state index contributed by atoms with van der Waals surface area (Å²) in [6, 6.07) is 4.17. The quantitative estimate of drug-likeness (QED) is 0.338. The van der Waals surface area contributed by atoms with Gasteiger partial charge in [0.2, 0.25) is 0 Å². The van der Waals surface area contributed by atoms with Gasteiger partial charge in [0.15, 0.2) is 17.1 Å². The Morgan fingerprint density at radius 1 is 1.25 bits per heavy atom. The molecule has 24 heavy (non-hydrogen) atoms. The van der Waals surface area contributed by atoms with Gasteiger partial charge in [0.25, 0.3) is 5.91 Å². The second-order valence-electron chi connectivity index (χ2n) is 7.12. The molecule has 1 aliphatic heterocycles. The van der Waals surface area contributed by atoms with E-state index in [0.29, 0.717) is 18.4 Å². The fraction of sp³-hybridized carbons (Fsp3) is 0.471. The van der Waals surface area contributed by atoms with E-state index in [1.165, 1.54) is 24.4 Å². The number of ether oxygens (including phenoxy) is 1. The maximum Gasteiger partial charge on any atom is 0.313 e. The molecule has 1 saturated carbocycles. The van der Waals surface area contributed by atoms with Crippen LogP contribution in [0.2, 0.25) is 0 Å². The number of benzene rings is 1. The zero-order valence-corrected chi connectivity index (χ0v) is 13.8. The van der Waals surface area contributed by atoms with Gasteiger partial charge in [0.05, 0.1) is 11.6 Å². The molecule has 3 N–H and O–H groups in total. The van der Waals surface area contributed by atoms with Gasteiger partial charge in [0.1, 0.15) is 0 Å². The lowest BCUT2D eigenvalue weighted by atomic mass is 9.66. The van der Waals surface area contributed by atoms with E-state index < -0.39 is 22.3 Å². The van der Waals surface area contributed by atoms with Crippen LogP contribution in [0.4, 0.5) is 0 Å². The first-order chi connectivity index (χ1) is 11.1. The number of carbonyl (C=O) groups is 2. The van der Waals surface area contributed by atoms with Crippen molar-refractivity contribution < 1.29 is 24.5 Å². The summed E-state index contributed by atoms with van der Waals surface area (Å²) in [6.45, 7) is 5.57. The minimum Gasteiger partial charge on any atom is -0.504 e. The molecule has 7 nitrogen and oxygen atoms in total. The number of nitrogens with one attached hydrogen (secondary N) is 1. The molecule has 7 heteroatoms. The first-order valence-corrected chi connectivity index (χ1v) is 7.73. The number of hydrogen-bond acceptors (Lipinski definition) is 6. The lowest BCUT2D eigenvalue weighted by molar-refractivity contribution is -0.168. The van der Waals surface area contributed by atoms with E-state index in [1.54, 1.807) is 0 Å². The molecule has 2 bridgehead atoms. The number of phenolic OH excluding ortho intramolecular Hbond substituents is 2. The van der Waals surface area contributed by atoms with Gasteiger partial charge in [-0.1, -0.05) is 13.8 Å². The van der Waals surface area contributed by atoms with Crippen LogP contribution >= 0.6 is 0 Å². The molecule has 1 saturated heterocycles. The molecule has 0 aromatic heterocycles. The number of nitrogens with zero attached hydrogens (tertiary/aromatic N) is 1. The van der Waals surface area contributed by atoms with Gasteiger partial charge in [0, 0.05) is 5.41 Å². The van der Waals surface area contributed by atoms with Crippen molar-refractivity contribution >= 4 is 18.1 Å². The molecule has 1 heterocycles. The average molecular weight is 332 g/mol. The van der Waals surface area contributed by atoms with Crippen molar-refractivity contribution in [2.75, 3.05) is 0 Å². The van der Waals surface area contributed by atoms with Crippen molar-refractivity contribution in [1.82, 2.24) is 5.43 Å². The summed E-state index contributed by atoms with van der Waals surface area (Å²) < 4.78 is 5.47. The predicted octanol–water partition coefficient (Wildman–Crippen LogP) is 1.67. The number of fused-ring (bicyclic) bond motifs is 2. The Morgan fingerprint density at radius 3 is 2.50 bits per heavy atom. The van der Waals surface area contributed by atoms with Crippen molar-refractivity contribution in [2.24, 2.45) is 15.9 Å². The van der Waals surface area contributed by atoms with E-state index in [-0.39, 0.29) is 17.5 Å². The number of phenols is 2. The van der Waals surface area contributed by atoms with Gasteiger partial charge < -0.3 is 14.9 Å². The van der Waals surface area contributed by atoms with Gasteiger partial charge in [-0.05, 0) is 43.5 Å². The van der Waals surface area contributed by atoms with Gasteiger partial charge in [-0.15, -0.1) is 0 Å². The first-order valence-electron chi connectivity index (χ1n) is 7.73. The summed E-state index contributed by atoms with van der Waals surface area (Å²) in [5.74, 6) is -1.32. The third-order valence-corrected chi connectivity index (χ3v) is 5.83. The topological polar surface area (TPSA) is 108 Å². The van der Waals surface area contributed by atoms with Gasteiger partial charge in [-0.2, -0.15) is 5.10 Å². The van der Waals surface area contributed by atoms with Crippen LogP contribution in [-0.2, 0) is 14.3 Å². The molecular formula is C17H20N2O5. The van der Waals surface area contributed by atoms with E-state index in [0.717, 1.165) is 0 Å². The number of amides is 1. The van der Waals surface area contributed by atoms with Crippen LogP contribution in [-0.4, -0.2) is 33.9 Å². The zero-order valence-electron chi connectivity index (χ0n) is 13.8. The van der Waals surface area contributed by atoms with Crippen molar-refractivity contribution in [1.29, 1.82) is 0 Å². The number of aromatic hydroxyl groups is 2. The molecule has 2 atom stereocenters. The van der Waals surface area contributed by atoms with E-state index in [2.05, 4.69) is 10.5 Å². The van der Waals surface area contributed by atoms with E-state index in [1.807, 2.05) is 20.8 Å². The average Bonchev–Trinajstić information content (AvgIpc) is 2.81. The number of hydrogen-bond donors (Lipinski definition) is 3. The molecule has 1 amide bonds. The number of hydrazone groups is 1. The highest BCUT2D eigenvalue weighted by molar-refractivity contribution is 5.96. The standard InChI is InChI=1S/C17H20N2O5/c1-15(2)16(3)6-7-17(15,24-14(16)23)13(22)19-18-9-10-4-5-11(20)12(21)8-10/h4-5,8-9,20-21H,6-7H2,1-3H3,(H,19,22). The third kappa shape index (κ3) is 1.93. The Bertz CT molecular complexity index is 757. The van der Waals surface area contributed by atoms with Crippen molar-refractivity contribution in [3.63, 3.8) is 0 Å². The molecule has 2 fully saturated rings. The molecule has 3 rings (SSSR count). The number of esters is 1. The molecule has 0 spiro atoms. The van der Waals surface area contributed by atoms with Gasteiger partial charge in [-0.3, -0.25) is 9.59 Å². The van der Waals surface area contributed by atoms with Crippen LogP contribution in [0.3, 0.4) is 0 Å². The molecule has 1 aromatic rings. The summed E-state index contributed by atoms with van der Waals surface area (Å²) in [7, 11) is 0.